The van der Waals surface area contributed by atoms with Crippen molar-refractivity contribution < 1.29 is 23.8 Å². The third-order valence-electron chi connectivity index (χ3n) is 8.43. The van der Waals surface area contributed by atoms with E-state index >= 15 is 4.39 Å². The van der Waals surface area contributed by atoms with Gasteiger partial charge in [-0.1, -0.05) is 87.7 Å². The van der Waals surface area contributed by atoms with E-state index < -0.39 is 12.6 Å². The van der Waals surface area contributed by atoms with Crippen LogP contribution in [0.15, 0.2) is 78.9 Å². The topological polar surface area (TPSA) is 55.8 Å². The molecule has 0 aliphatic heterocycles. The number of rotatable bonds is 15. The predicted molar refractivity (Wildman–Crippen MR) is 168 cm³/mol. The minimum atomic E-state index is -0.576. The minimum Gasteiger partial charge on any atom is -0.494 e. The van der Waals surface area contributed by atoms with Gasteiger partial charge in [-0.25, -0.2) is 9.18 Å². The number of esters is 1. The van der Waals surface area contributed by atoms with Crippen molar-refractivity contribution >= 4 is 5.97 Å². The largest absolute Gasteiger partial charge is 0.494 e. The lowest BCUT2D eigenvalue weighted by Crippen LogP contribution is -2.13. The van der Waals surface area contributed by atoms with Crippen LogP contribution in [0.3, 0.4) is 0 Å². The van der Waals surface area contributed by atoms with E-state index in [0.29, 0.717) is 36.7 Å². The van der Waals surface area contributed by atoms with E-state index in [1.807, 2.05) is 36.4 Å². The quantitative estimate of drug-likeness (QED) is 0.112. The van der Waals surface area contributed by atoms with Crippen LogP contribution in [0.25, 0.3) is 22.3 Å². The molecular weight excluding hydrogens is 527 g/mol. The average molecular weight is 573 g/mol. The zero-order valence-corrected chi connectivity index (χ0v) is 25.0. The number of hydrogen-bond acceptors (Lipinski definition) is 4. The Morgan fingerprint density at radius 1 is 0.857 bits per heavy atom. The van der Waals surface area contributed by atoms with Crippen LogP contribution >= 0.6 is 0 Å². The third-order valence-corrected chi connectivity index (χ3v) is 8.43. The molecule has 0 amide bonds. The van der Waals surface area contributed by atoms with Crippen molar-refractivity contribution in [2.75, 3.05) is 19.8 Å². The maximum absolute atomic E-state index is 15.2. The summed E-state index contributed by atoms with van der Waals surface area (Å²) >= 11 is 0. The van der Waals surface area contributed by atoms with Crippen molar-refractivity contribution in [1.82, 2.24) is 0 Å². The first-order valence-electron chi connectivity index (χ1n) is 15.6. The van der Waals surface area contributed by atoms with Crippen LogP contribution in [-0.2, 0) is 9.53 Å². The maximum Gasteiger partial charge on any atom is 0.335 e. The van der Waals surface area contributed by atoms with Crippen LogP contribution < -0.4 is 4.74 Å². The smallest absolute Gasteiger partial charge is 0.335 e. The summed E-state index contributed by atoms with van der Waals surface area (Å²) in [7, 11) is 0. The number of hydrogen-bond donors (Lipinski definition) is 1. The summed E-state index contributed by atoms with van der Waals surface area (Å²) in [4.78, 5) is 11.5. The number of unbranched alkanes of at least 4 members (excludes halogenated alkanes) is 3. The highest BCUT2D eigenvalue weighted by Gasteiger charge is 2.22. The average Bonchev–Trinajstić information content (AvgIpc) is 3.03. The van der Waals surface area contributed by atoms with Gasteiger partial charge in [-0.15, -0.1) is 0 Å². The van der Waals surface area contributed by atoms with Crippen molar-refractivity contribution in [2.24, 2.45) is 5.92 Å². The van der Waals surface area contributed by atoms with Gasteiger partial charge < -0.3 is 14.6 Å². The molecule has 0 aromatic heterocycles. The van der Waals surface area contributed by atoms with Gasteiger partial charge in [-0.2, -0.15) is 0 Å². The van der Waals surface area contributed by atoms with Gasteiger partial charge in [0.25, 0.3) is 0 Å². The molecule has 0 heterocycles. The molecule has 1 aliphatic carbocycles. The first-order valence-corrected chi connectivity index (χ1v) is 15.6. The SMILES string of the molecule is C=C(CO)C(=O)OCCCCOc1ccc(-c2ccc(-c3ccc(C4CCC(CCCCC)CC4)cc3)cc2F)cc1. The van der Waals surface area contributed by atoms with Crippen LogP contribution in [0.4, 0.5) is 4.39 Å². The van der Waals surface area contributed by atoms with E-state index in [2.05, 4.69) is 37.8 Å². The molecule has 1 fully saturated rings. The Kier molecular flexibility index (Phi) is 12.2. The van der Waals surface area contributed by atoms with E-state index in [4.69, 9.17) is 14.6 Å². The second-order valence-electron chi connectivity index (χ2n) is 11.5. The molecule has 0 unspecified atom stereocenters. The summed E-state index contributed by atoms with van der Waals surface area (Å²) in [6.07, 6.45) is 12.0. The summed E-state index contributed by atoms with van der Waals surface area (Å²) in [5.74, 6) is 1.44. The predicted octanol–water partition coefficient (Wildman–Crippen LogP) is 9.26. The fourth-order valence-electron chi connectivity index (χ4n) is 5.80. The zero-order chi connectivity index (χ0) is 29.7. The van der Waals surface area contributed by atoms with Crippen molar-refractivity contribution in [1.29, 1.82) is 0 Å². The van der Waals surface area contributed by atoms with Crippen LogP contribution in [0.2, 0.25) is 0 Å². The number of benzene rings is 3. The third kappa shape index (κ3) is 9.03. The highest BCUT2D eigenvalue weighted by Crippen LogP contribution is 2.38. The Bertz CT molecular complexity index is 1270. The Morgan fingerprint density at radius 2 is 1.52 bits per heavy atom. The van der Waals surface area contributed by atoms with Crippen molar-refractivity contribution in [2.45, 2.75) is 77.0 Å². The lowest BCUT2D eigenvalue weighted by molar-refractivity contribution is -0.139. The Balaban J connectivity index is 1.25. The van der Waals surface area contributed by atoms with Crippen molar-refractivity contribution in [3.05, 3.63) is 90.3 Å². The molecule has 1 aliphatic rings. The molecule has 224 valence electrons. The Labute approximate surface area is 250 Å². The number of aliphatic hydroxyl groups is 1. The number of halogens is 1. The fourth-order valence-corrected chi connectivity index (χ4v) is 5.80. The van der Waals surface area contributed by atoms with Gasteiger partial charge in [-0.05, 0) is 90.8 Å². The molecule has 0 saturated heterocycles. The first kappa shape index (κ1) is 31.5. The van der Waals surface area contributed by atoms with Gasteiger partial charge in [0.2, 0.25) is 0 Å². The summed E-state index contributed by atoms with van der Waals surface area (Å²) in [5.41, 5.74) is 4.74. The molecule has 1 N–H and O–H groups in total. The molecule has 1 saturated carbocycles. The molecule has 4 nitrogen and oxygen atoms in total. The summed E-state index contributed by atoms with van der Waals surface area (Å²) in [6, 6.07) is 21.6. The van der Waals surface area contributed by atoms with Crippen molar-refractivity contribution in [3.8, 4) is 28.0 Å². The van der Waals surface area contributed by atoms with Crippen LogP contribution in [0.1, 0.15) is 82.6 Å². The van der Waals surface area contributed by atoms with Crippen LogP contribution in [0.5, 0.6) is 5.75 Å². The molecule has 42 heavy (non-hydrogen) atoms. The first-order chi connectivity index (χ1) is 20.5. The van der Waals surface area contributed by atoms with Crippen LogP contribution in [0, 0.1) is 11.7 Å². The normalized spacial score (nSPS) is 16.6. The Morgan fingerprint density at radius 3 is 2.19 bits per heavy atom. The number of carbonyl (C=O) groups is 1. The van der Waals surface area contributed by atoms with Gasteiger partial charge >= 0.3 is 5.97 Å². The second kappa shape index (κ2) is 16.3. The number of aliphatic hydroxyl groups excluding tert-OH is 1. The summed E-state index contributed by atoms with van der Waals surface area (Å²) in [6.45, 7) is 6.03. The van der Waals surface area contributed by atoms with Crippen LogP contribution in [-0.4, -0.2) is 30.9 Å². The lowest BCUT2D eigenvalue weighted by Gasteiger charge is -2.29. The van der Waals surface area contributed by atoms with E-state index in [1.54, 1.807) is 6.07 Å². The van der Waals surface area contributed by atoms with Gasteiger partial charge in [0.15, 0.2) is 0 Å². The molecule has 4 rings (SSSR count). The number of ether oxygens (including phenoxy) is 2. The summed E-state index contributed by atoms with van der Waals surface area (Å²) < 4.78 is 26.0. The molecular formula is C37H45FO4. The molecule has 0 spiro atoms. The monoisotopic (exact) mass is 572 g/mol. The molecule has 0 bridgehead atoms. The van der Waals surface area contributed by atoms with Gasteiger partial charge in [-0.3, -0.25) is 0 Å². The van der Waals surface area contributed by atoms with E-state index in [0.717, 1.165) is 22.6 Å². The molecule has 3 aromatic carbocycles. The lowest BCUT2D eigenvalue weighted by atomic mass is 9.77. The zero-order valence-electron chi connectivity index (χ0n) is 25.0. The van der Waals surface area contributed by atoms with Gasteiger partial charge in [0.1, 0.15) is 11.6 Å². The van der Waals surface area contributed by atoms with Gasteiger partial charge in [0, 0.05) is 5.56 Å². The highest BCUT2D eigenvalue weighted by molar-refractivity contribution is 5.87. The fraction of sp³-hybridized carbons (Fsp3) is 0.432. The van der Waals surface area contributed by atoms with E-state index in [1.165, 1.54) is 56.9 Å². The molecule has 3 aromatic rings. The van der Waals surface area contributed by atoms with E-state index in [9.17, 15) is 4.79 Å². The van der Waals surface area contributed by atoms with Gasteiger partial charge in [0.05, 0.1) is 25.4 Å². The highest BCUT2D eigenvalue weighted by atomic mass is 19.1. The Hall–Kier alpha value is -3.44. The standard InChI is InChI=1S/C37H45FO4/c1-3-4-5-8-28-9-11-29(12-10-28)30-13-15-31(16-14-30)33-19-22-35(36(38)25-33)32-17-20-34(21-18-32)41-23-6-7-24-42-37(40)27(2)26-39/h13-22,25,28-29,39H,2-12,23-24,26H2,1H3. The minimum absolute atomic E-state index is 0.0480. The molecule has 0 atom stereocenters. The summed E-state index contributed by atoms with van der Waals surface area (Å²) in [5, 5.41) is 8.87. The second-order valence-corrected chi connectivity index (χ2v) is 11.5. The molecule has 0 radical (unpaired) electrons. The van der Waals surface area contributed by atoms with Crippen molar-refractivity contribution in [3.63, 3.8) is 0 Å². The molecule has 5 heteroatoms. The number of carbonyl (C=O) groups excluding carboxylic acids is 1. The maximum atomic E-state index is 15.2. The van der Waals surface area contributed by atoms with E-state index in [-0.39, 0.29) is 18.0 Å².